The minimum absolute atomic E-state index is 0.0111. The van der Waals surface area contributed by atoms with Crippen molar-refractivity contribution in [3.05, 3.63) is 165 Å². The second-order valence-electron chi connectivity index (χ2n) is 24.7. The molecule has 1 aromatic heterocycles. The van der Waals surface area contributed by atoms with Crippen LogP contribution < -0.4 is 26.2 Å². The average Bonchev–Trinajstić information content (AvgIpc) is 3.54. The van der Waals surface area contributed by atoms with Gasteiger partial charge in [-0.05, 0) is 166 Å². The number of benzene rings is 7. The first-order chi connectivity index (χ1) is 31.8. The Hall–Kier alpha value is -6.00. The van der Waals surface area contributed by atoms with E-state index in [0.717, 1.165) is 0 Å². The van der Waals surface area contributed by atoms with Crippen LogP contribution in [0.15, 0.2) is 109 Å². The summed E-state index contributed by atoms with van der Waals surface area (Å²) in [5.41, 5.74) is 28.4. The monoisotopic (exact) mass is 894 g/mol. The van der Waals surface area contributed by atoms with Gasteiger partial charge in [0, 0.05) is 33.5 Å². The van der Waals surface area contributed by atoms with Gasteiger partial charge in [-0.25, -0.2) is 0 Å². The number of nitrogens with zero attached hydrogens (tertiary/aromatic N) is 3. The van der Waals surface area contributed by atoms with Gasteiger partial charge in [0.25, 0.3) is 6.71 Å². The van der Waals surface area contributed by atoms with Gasteiger partial charge in [0.15, 0.2) is 0 Å². The van der Waals surface area contributed by atoms with Gasteiger partial charge in [-0.3, -0.25) is 0 Å². The van der Waals surface area contributed by atoms with Crippen molar-refractivity contribution in [2.24, 2.45) is 0 Å². The number of aryl methyl sites for hydroxylation is 6. The smallest absolute Gasteiger partial charge is 0.252 e. The highest BCUT2D eigenvalue weighted by molar-refractivity contribution is 7.00. The van der Waals surface area contributed by atoms with Gasteiger partial charge in [0.1, 0.15) is 0 Å². The molecule has 10 rings (SSSR count). The Kier molecular flexibility index (Phi) is 10.3. The SMILES string of the molecule is Cc1cc(C(C)(C)C)cc(C)c1N1c2cc(C(C)(C)C)ccc2B2c3cc4c5ccccc5n(-c5c(C)cccc5C)c4cc3N(c3c(C)cc(C(C)(C)C)cc3C)c3cc(C(C)(C)C)cc1c32. The fraction of sp³-hybridized carbons (Fsp3) is 0.344. The highest BCUT2D eigenvalue weighted by Crippen LogP contribution is 2.51. The lowest BCUT2D eigenvalue weighted by Gasteiger charge is -2.46. The van der Waals surface area contributed by atoms with Crippen LogP contribution in [0, 0.1) is 41.5 Å². The molecule has 0 unspecified atom stereocenters. The first-order valence-corrected chi connectivity index (χ1v) is 25.1. The number of hydrogen-bond donors (Lipinski definition) is 0. The Morgan fingerprint density at radius 3 is 1.26 bits per heavy atom. The van der Waals surface area contributed by atoms with Crippen LogP contribution >= 0.6 is 0 Å². The van der Waals surface area contributed by atoms with E-state index < -0.39 is 0 Å². The van der Waals surface area contributed by atoms with E-state index in [1.54, 1.807) is 0 Å². The number of para-hydroxylation sites is 2. The van der Waals surface area contributed by atoms with Crippen LogP contribution in [0.25, 0.3) is 27.5 Å². The molecule has 0 saturated carbocycles. The van der Waals surface area contributed by atoms with Gasteiger partial charge in [0.2, 0.25) is 0 Å². The van der Waals surface area contributed by atoms with E-state index in [9.17, 15) is 0 Å². The van der Waals surface area contributed by atoms with E-state index in [-0.39, 0.29) is 28.4 Å². The standard InChI is InChI=1S/C64H72BN3/c1-37-22-21-23-38(2)58(37)66-51-25-20-19-24-47(51)48-35-50-54(36-52(48)66)68(60-41(5)30-45(31-42(60)6)63(13,14)15)56-34-46(64(16,17)18)33-55-57(56)65(50)49-27-26-43(61(7,8)9)32-53(49)67(55)59-39(3)28-44(29-40(59)4)62(10,11)12/h19-36H,1-18H3. The van der Waals surface area contributed by atoms with Gasteiger partial charge >= 0.3 is 0 Å². The predicted molar refractivity (Wildman–Crippen MR) is 298 cm³/mol. The zero-order valence-corrected chi connectivity index (χ0v) is 44.3. The van der Waals surface area contributed by atoms with Crippen LogP contribution in [0.1, 0.15) is 139 Å². The summed E-state index contributed by atoms with van der Waals surface area (Å²) in [5, 5.41) is 2.57. The van der Waals surface area contributed by atoms with Crippen molar-refractivity contribution < 1.29 is 0 Å². The molecule has 0 bridgehead atoms. The van der Waals surface area contributed by atoms with Crippen LogP contribution in [-0.4, -0.2) is 11.3 Å². The minimum Gasteiger partial charge on any atom is -0.311 e. The molecule has 0 spiro atoms. The number of rotatable bonds is 3. The van der Waals surface area contributed by atoms with E-state index in [0.29, 0.717) is 0 Å². The molecule has 0 aliphatic carbocycles. The van der Waals surface area contributed by atoms with E-state index in [4.69, 9.17) is 0 Å². The van der Waals surface area contributed by atoms with Crippen LogP contribution in [0.4, 0.5) is 34.1 Å². The molecule has 0 atom stereocenters. The van der Waals surface area contributed by atoms with Gasteiger partial charge in [0.05, 0.1) is 28.1 Å². The number of anilines is 6. The van der Waals surface area contributed by atoms with Crippen molar-refractivity contribution in [3.8, 4) is 5.69 Å². The Bertz CT molecular complexity index is 3340. The summed E-state index contributed by atoms with van der Waals surface area (Å²) < 4.78 is 2.56. The van der Waals surface area contributed by atoms with Crippen molar-refractivity contribution in [2.75, 3.05) is 9.80 Å². The third kappa shape index (κ3) is 7.06. The quantitative estimate of drug-likeness (QED) is 0.164. The Morgan fingerprint density at radius 1 is 0.338 bits per heavy atom. The van der Waals surface area contributed by atoms with Crippen molar-refractivity contribution >= 4 is 79.0 Å². The summed E-state index contributed by atoms with van der Waals surface area (Å²) in [4.78, 5) is 5.38. The lowest BCUT2D eigenvalue weighted by atomic mass is 9.33. The fourth-order valence-corrected chi connectivity index (χ4v) is 11.7. The van der Waals surface area contributed by atoms with Gasteiger partial charge in [-0.15, -0.1) is 0 Å². The van der Waals surface area contributed by atoms with Crippen molar-refractivity contribution in [2.45, 2.75) is 146 Å². The second kappa shape index (κ2) is 15.3. The first kappa shape index (κ1) is 45.8. The summed E-state index contributed by atoms with van der Waals surface area (Å²) in [7, 11) is 0. The van der Waals surface area contributed by atoms with E-state index in [1.165, 1.54) is 134 Å². The molecule has 346 valence electrons. The fourth-order valence-electron chi connectivity index (χ4n) is 11.7. The average molecular weight is 894 g/mol. The summed E-state index contributed by atoms with van der Waals surface area (Å²) in [6, 6.07) is 43.3. The molecule has 4 heteroatoms. The Balaban J connectivity index is 1.41. The molecule has 8 aromatic rings. The number of aromatic nitrogens is 1. The van der Waals surface area contributed by atoms with Crippen LogP contribution in [0.2, 0.25) is 0 Å². The largest absolute Gasteiger partial charge is 0.311 e. The molecule has 7 aromatic carbocycles. The molecule has 0 saturated heterocycles. The maximum absolute atomic E-state index is 2.69. The van der Waals surface area contributed by atoms with Crippen LogP contribution in [-0.2, 0) is 21.7 Å². The second-order valence-corrected chi connectivity index (χ2v) is 24.7. The highest BCUT2D eigenvalue weighted by atomic mass is 15.2. The molecule has 0 fully saturated rings. The molecule has 0 radical (unpaired) electrons. The summed E-state index contributed by atoms with van der Waals surface area (Å²) in [6.07, 6.45) is 0. The molecule has 0 amide bonds. The highest BCUT2D eigenvalue weighted by Gasteiger charge is 2.46. The van der Waals surface area contributed by atoms with E-state index >= 15 is 0 Å². The lowest BCUT2D eigenvalue weighted by Crippen LogP contribution is -2.61. The van der Waals surface area contributed by atoms with Gasteiger partial charge in [-0.1, -0.05) is 162 Å². The third-order valence-corrected chi connectivity index (χ3v) is 15.4. The molecular weight excluding hydrogens is 822 g/mol. The van der Waals surface area contributed by atoms with E-state index in [1.807, 2.05) is 0 Å². The Morgan fingerprint density at radius 2 is 0.779 bits per heavy atom. The summed E-state index contributed by atoms with van der Waals surface area (Å²) in [6.45, 7) is 42.1. The van der Waals surface area contributed by atoms with Crippen LogP contribution in [0.3, 0.4) is 0 Å². The molecule has 68 heavy (non-hydrogen) atoms. The topological polar surface area (TPSA) is 11.4 Å². The molecule has 0 N–H and O–H groups in total. The predicted octanol–water partition coefficient (Wildman–Crippen LogP) is 15.9. The number of fused-ring (bicyclic) bond motifs is 7. The van der Waals surface area contributed by atoms with Gasteiger partial charge in [-0.2, -0.15) is 0 Å². The molecule has 3 heterocycles. The first-order valence-electron chi connectivity index (χ1n) is 25.1. The normalized spacial score (nSPS) is 13.9. The number of hydrogen-bond acceptors (Lipinski definition) is 2. The Labute approximate surface area is 408 Å². The zero-order valence-electron chi connectivity index (χ0n) is 44.3. The lowest BCUT2D eigenvalue weighted by molar-refractivity contribution is 0.588. The van der Waals surface area contributed by atoms with Crippen molar-refractivity contribution in [1.82, 2.24) is 4.57 Å². The minimum atomic E-state index is -0.134. The summed E-state index contributed by atoms with van der Waals surface area (Å²) in [5.74, 6) is 0. The summed E-state index contributed by atoms with van der Waals surface area (Å²) >= 11 is 0. The molecule has 3 nitrogen and oxygen atoms in total. The van der Waals surface area contributed by atoms with Crippen molar-refractivity contribution in [3.63, 3.8) is 0 Å². The van der Waals surface area contributed by atoms with Crippen molar-refractivity contribution in [1.29, 1.82) is 0 Å². The molecular formula is C64H72BN3. The van der Waals surface area contributed by atoms with E-state index in [2.05, 4.69) is 248 Å². The van der Waals surface area contributed by atoms with Crippen LogP contribution in [0.5, 0.6) is 0 Å². The van der Waals surface area contributed by atoms with Gasteiger partial charge < -0.3 is 14.4 Å². The molecule has 2 aliphatic rings. The molecule has 2 aliphatic heterocycles. The third-order valence-electron chi connectivity index (χ3n) is 15.4. The zero-order chi connectivity index (χ0) is 48.9. The maximum atomic E-state index is 2.69. The maximum Gasteiger partial charge on any atom is 0.252 e.